The number of halogens is 2. The lowest BCUT2D eigenvalue weighted by Gasteiger charge is -2.22. The Hall–Kier alpha value is -1.16. The summed E-state index contributed by atoms with van der Waals surface area (Å²) in [6.45, 7) is 7.27. The second-order valence-corrected chi connectivity index (χ2v) is 6.33. The first-order valence-corrected chi connectivity index (χ1v) is 9.04. The highest BCUT2D eigenvalue weighted by Crippen LogP contribution is 2.17. The summed E-state index contributed by atoms with van der Waals surface area (Å²) in [5, 5.41) is 11.4. The summed E-state index contributed by atoms with van der Waals surface area (Å²) in [7, 11) is 2.05. The highest BCUT2D eigenvalue weighted by Gasteiger charge is 2.08. The van der Waals surface area contributed by atoms with E-state index in [2.05, 4.69) is 80.0 Å². The Kier molecular flexibility index (Phi) is 10.0. The van der Waals surface area contributed by atoms with Crippen LogP contribution in [0.1, 0.15) is 25.2 Å². The normalized spacial score (nSPS) is 11.1. The molecule has 0 fully saturated rings. The van der Waals surface area contributed by atoms with Crippen LogP contribution in [0, 0.1) is 0 Å². The highest BCUT2D eigenvalue weighted by atomic mass is 127. The van der Waals surface area contributed by atoms with Crippen molar-refractivity contribution < 1.29 is 0 Å². The van der Waals surface area contributed by atoms with Crippen molar-refractivity contribution in [1.82, 2.24) is 25.0 Å². The lowest BCUT2D eigenvalue weighted by atomic mass is 10.2. The predicted molar refractivity (Wildman–Crippen MR) is 116 cm³/mol. The van der Waals surface area contributed by atoms with Crippen LogP contribution in [0.15, 0.2) is 40.1 Å². The molecule has 8 heteroatoms. The highest BCUT2D eigenvalue weighted by molar-refractivity contribution is 14.0. The monoisotopic (exact) mass is 520 g/mol. The van der Waals surface area contributed by atoms with Crippen LogP contribution in [0.2, 0.25) is 0 Å². The van der Waals surface area contributed by atoms with Gasteiger partial charge in [0.25, 0.3) is 0 Å². The molecule has 1 heterocycles. The molecule has 0 amide bonds. The second-order valence-electron chi connectivity index (χ2n) is 5.48. The average Bonchev–Trinajstić information content (AvgIpc) is 3.03. The number of guanidine groups is 1. The molecule has 0 saturated heterocycles. The van der Waals surface area contributed by atoms with Crippen LogP contribution in [0.3, 0.4) is 0 Å². The van der Waals surface area contributed by atoms with Gasteiger partial charge in [-0.25, -0.2) is 0 Å². The van der Waals surface area contributed by atoms with Crippen molar-refractivity contribution in [3.8, 4) is 0 Å². The van der Waals surface area contributed by atoms with Crippen LogP contribution in [0.5, 0.6) is 0 Å². The summed E-state index contributed by atoms with van der Waals surface area (Å²) < 4.78 is 3.17. The van der Waals surface area contributed by atoms with Crippen LogP contribution in [0.4, 0.5) is 0 Å². The number of aliphatic imine (C=N–C) groups is 1. The van der Waals surface area contributed by atoms with E-state index < -0.39 is 0 Å². The van der Waals surface area contributed by atoms with Crippen LogP contribution >= 0.6 is 39.9 Å². The molecule has 0 aliphatic rings. The van der Waals surface area contributed by atoms with Crippen molar-refractivity contribution >= 4 is 45.9 Å². The molecule has 0 unspecified atom stereocenters. The number of aromatic nitrogens is 3. The second kappa shape index (κ2) is 11.5. The van der Waals surface area contributed by atoms with Gasteiger partial charge < -0.3 is 14.8 Å². The topological polar surface area (TPSA) is 58.3 Å². The van der Waals surface area contributed by atoms with Gasteiger partial charge in [0.05, 0.1) is 6.54 Å². The fourth-order valence-corrected chi connectivity index (χ4v) is 2.84. The molecule has 0 aliphatic carbocycles. The molecule has 2 rings (SSSR count). The van der Waals surface area contributed by atoms with E-state index >= 15 is 0 Å². The van der Waals surface area contributed by atoms with Crippen LogP contribution in [-0.4, -0.2) is 45.8 Å². The molecule has 1 aromatic heterocycles. The summed E-state index contributed by atoms with van der Waals surface area (Å²) in [4.78, 5) is 6.86. The minimum atomic E-state index is 0. The van der Waals surface area contributed by atoms with Gasteiger partial charge in [-0.2, -0.15) is 0 Å². The Balaban J connectivity index is 0.00000312. The molecule has 2 aromatic rings. The number of benzene rings is 1. The Morgan fingerprint density at radius 3 is 2.76 bits per heavy atom. The first-order chi connectivity index (χ1) is 11.7. The van der Waals surface area contributed by atoms with Gasteiger partial charge in [0.1, 0.15) is 12.2 Å². The van der Waals surface area contributed by atoms with Crippen molar-refractivity contribution in [1.29, 1.82) is 0 Å². The Labute approximate surface area is 175 Å². The van der Waals surface area contributed by atoms with Crippen LogP contribution < -0.4 is 5.32 Å². The van der Waals surface area contributed by atoms with Gasteiger partial charge in [-0.15, -0.1) is 34.2 Å². The predicted octanol–water partition coefficient (Wildman–Crippen LogP) is 3.32. The standard InChI is InChI=1S/C17H25BrN6.HI/c1-4-16-22-21-13-24(16)11-10-20-17(19-5-2)23(3)12-14-8-6-7-9-15(14)18;/h6-9,13H,4-5,10-12H2,1-3H3,(H,19,20);1H. The number of hydrogen-bond donors (Lipinski definition) is 1. The van der Waals surface area contributed by atoms with Gasteiger partial charge in [0, 0.05) is 37.6 Å². The average molecular weight is 521 g/mol. The zero-order valence-electron chi connectivity index (χ0n) is 14.9. The zero-order chi connectivity index (χ0) is 17.4. The van der Waals surface area contributed by atoms with Gasteiger partial charge in [-0.1, -0.05) is 41.1 Å². The minimum Gasteiger partial charge on any atom is -0.357 e. The van der Waals surface area contributed by atoms with E-state index in [0.717, 1.165) is 42.3 Å². The maximum Gasteiger partial charge on any atom is 0.194 e. The molecule has 6 nitrogen and oxygen atoms in total. The fourth-order valence-electron chi connectivity index (χ4n) is 2.43. The smallest absolute Gasteiger partial charge is 0.194 e. The summed E-state index contributed by atoms with van der Waals surface area (Å²) in [5.74, 6) is 1.90. The van der Waals surface area contributed by atoms with Crippen LogP contribution in [-0.2, 0) is 19.5 Å². The molecule has 0 atom stereocenters. The first-order valence-electron chi connectivity index (χ1n) is 8.25. The fraction of sp³-hybridized carbons (Fsp3) is 0.471. The van der Waals surface area contributed by atoms with Crippen molar-refractivity contribution in [3.63, 3.8) is 0 Å². The number of rotatable bonds is 7. The Morgan fingerprint density at radius 2 is 2.08 bits per heavy atom. The molecular weight excluding hydrogens is 495 g/mol. The third-order valence-electron chi connectivity index (χ3n) is 3.68. The molecule has 0 bridgehead atoms. The Morgan fingerprint density at radius 1 is 1.32 bits per heavy atom. The number of aryl methyl sites for hydroxylation is 1. The van der Waals surface area contributed by atoms with E-state index in [-0.39, 0.29) is 24.0 Å². The molecule has 1 N–H and O–H groups in total. The largest absolute Gasteiger partial charge is 0.357 e. The van der Waals surface area contributed by atoms with Gasteiger partial charge in [-0.05, 0) is 18.6 Å². The van der Waals surface area contributed by atoms with Crippen molar-refractivity contribution in [2.75, 3.05) is 20.1 Å². The molecule has 0 radical (unpaired) electrons. The van der Waals surface area contributed by atoms with Crippen molar-refractivity contribution in [2.24, 2.45) is 4.99 Å². The number of nitrogens with zero attached hydrogens (tertiary/aromatic N) is 5. The van der Waals surface area contributed by atoms with Gasteiger partial charge in [0.2, 0.25) is 0 Å². The lowest BCUT2D eigenvalue weighted by Crippen LogP contribution is -2.38. The summed E-state index contributed by atoms with van der Waals surface area (Å²) in [6.07, 6.45) is 2.65. The molecule has 0 spiro atoms. The van der Waals surface area contributed by atoms with E-state index in [0.29, 0.717) is 6.54 Å². The molecule has 1 aromatic carbocycles. The van der Waals surface area contributed by atoms with E-state index in [9.17, 15) is 0 Å². The number of hydrogen-bond acceptors (Lipinski definition) is 3. The third-order valence-corrected chi connectivity index (χ3v) is 4.45. The molecular formula is C17H26BrIN6. The summed E-state index contributed by atoms with van der Waals surface area (Å²) in [5.41, 5.74) is 1.23. The quantitative estimate of drug-likeness (QED) is 0.345. The number of nitrogens with one attached hydrogen (secondary N) is 1. The molecule has 0 saturated carbocycles. The van der Waals surface area contributed by atoms with E-state index in [1.54, 1.807) is 6.33 Å². The maximum absolute atomic E-state index is 4.73. The zero-order valence-corrected chi connectivity index (χ0v) is 18.9. The maximum atomic E-state index is 4.73. The van der Waals surface area contributed by atoms with Crippen molar-refractivity contribution in [3.05, 3.63) is 46.5 Å². The Bertz CT molecular complexity index is 673. The van der Waals surface area contributed by atoms with Gasteiger partial charge in [0.15, 0.2) is 5.96 Å². The third kappa shape index (κ3) is 6.58. The SMILES string of the molecule is CCNC(=NCCn1cnnc1CC)N(C)Cc1ccccc1Br.I. The van der Waals surface area contributed by atoms with E-state index in [1.165, 1.54) is 5.56 Å². The van der Waals surface area contributed by atoms with Gasteiger partial charge in [-0.3, -0.25) is 4.99 Å². The van der Waals surface area contributed by atoms with E-state index in [1.807, 2.05) is 6.07 Å². The molecule has 25 heavy (non-hydrogen) atoms. The summed E-state index contributed by atoms with van der Waals surface area (Å²) in [6, 6.07) is 8.26. The lowest BCUT2D eigenvalue weighted by molar-refractivity contribution is 0.474. The van der Waals surface area contributed by atoms with Gasteiger partial charge >= 0.3 is 0 Å². The molecule has 138 valence electrons. The summed E-state index contributed by atoms with van der Waals surface area (Å²) >= 11 is 3.60. The molecule has 0 aliphatic heterocycles. The van der Waals surface area contributed by atoms with Crippen molar-refractivity contribution in [2.45, 2.75) is 33.4 Å². The van der Waals surface area contributed by atoms with Crippen LogP contribution in [0.25, 0.3) is 0 Å². The first kappa shape index (κ1) is 21.9. The van der Waals surface area contributed by atoms with E-state index in [4.69, 9.17) is 4.99 Å². The minimum absolute atomic E-state index is 0.